The second kappa shape index (κ2) is 10.1. The Balaban J connectivity index is 1.34. The molecule has 0 saturated carbocycles. The molecule has 4 nitrogen and oxygen atoms in total. The van der Waals surface area contributed by atoms with Crippen molar-refractivity contribution >= 4 is 33.3 Å². The first-order chi connectivity index (χ1) is 15.9. The number of carbonyl (C=O) groups is 1. The fraction of sp³-hybridized carbons (Fsp3) is 0.0741. The molecule has 6 heteroatoms. The Morgan fingerprint density at radius 2 is 1.36 bits per heavy atom. The molecule has 0 spiro atoms. The van der Waals surface area contributed by atoms with Crippen molar-refractivity contribution in [2.75, 3.05) is 10.5 Å². The van der Waals surface area contributed by atoms with Gasteiger partial charge < -0.3 is 0 Å². The predicted octanol–water partition coefficient (Wildman–Crippen LogP) is 6.44. The van der Waals surface area contributed by atoms with Crippen LogP contribution < -0.4 is 4.72 Å². The van der Waals surface area contributed by atoms with Crippen LogP contribution in [0, 0.1) is 6.92 Å². The molecule has 0 aliphatic rings. The molecule has 0 fully saturated rings. The SMILES string of the molecule is Cc1ccc(S(=O)(=O)Nc2ccc(SCC(=O)c3ccc(-c4ccccc4)cc3)cc2)cc1. The summed E-state index contributed by atoms with van der Waals surface area (Å²) in [6.07, 6.45) is 0. The number of hydrogen-bond acceptors (Lipinski definition) is 4. The van der Waals surface area contributed by atoms with Crippen molar-refractivity contribution in [3.8, 4) is 11.1 Å². The summed E-state index contributed by atoms with van der Waals surface area (Å²) in [6.45, 7) is 1.91. The van der Waals surface area contributed by atoms with Crippen LogP contribution in [0.25, 0.3) is 11.1 Å². The van der Waals surface area contributed by atoms with Crippen LogP contribution in [0.5, 0.6) is 0 Å². The van der Waals surface area contributed by atoms with Gasteiger partial charge in [-0.15, -0.1) is 11.8 Å². The highest BCUT2D eigenvalue weighted by Crippen LogP contribution is 2.24. The fourth-order valence-corrected chi connectivity index (χ4v) is 5.11. The van der Waals surface area contributed by atoms with Gasteiger partial charge in [-0.2, -0.15) is 0 Å². The lowest BCUT2D eigenvalue weighted by Gasteiger charge is -2.09. The van der Waals surface area contributed by atoms with Gasteiger partial charge in [0.05, 0.1) is 10.6 Å². The van der Waals surface area contributed by atoms with Crippen molar-refractivity contribution in [3.63, 3.8) is 0 Å². The molecule has 0 unspecified atom stereocenters. The summed E-state index contributed by atoms with van der Waals surface area (Å²) in [4.78, 5) is 13.7. The van der Waals surface area contributed by atoms with E-state index in [9.17, 15) is 13.2 Å². The van der Waals surface area contributed by atoms with Gasteiger partial charge in [-0.1, -0.05) is 72.3 Å². The highest BCUT2D eigenvalue weighted by Gasteiger charge is 2.14. The minimum absolute atomic E-state index is 0.0452. The number of aryl methyl sites for hydroxylation is 1. The van der Waals surface area contributed by atoms with Gasteiger partial charge in [0.15, 0.2) is 5.78 Å². The number of sulfonamides is 1. The second-order valence-electron chi connectivity index (χ2n) is 7.60. The lowest BCUT2D eigenvalue weighted by molar-refractivity contribution is 0.102. The van der Waals surface area contributed by atoms with E-state index in [0.29, 0.717) is 17.0 Å². The zero-order valence-corrected chi connectivity index (χ0v) is 19.7. The van der Waals surface area contributed by atoms with Crippen LogP contribution in [-0.2, 0) is 10.0 Å². The highest BCUT2D eigenvalue weighted by atomic mass is 32.2. The summed E-state index contributed by atoms with van der Waals surface area (Å²) in [7, 11) is -3.64. The van der Waals surface area contributed by atoms with Gasteiger partial charge in [0.25, 0.3) is 10.0 Å². The molecule has 166 valence electrons. The Morgan fingerprint density at radius 1 is 0.758 bits per heavy atom. The first-order valence-corrected chi connectivity index (χ1v) is 12.9. The summed E-state index contributed by atoms with van der Waals surface area (Å²) in [5.74, 6) is 0.350. The monoisotopic (exact) mass is 473 g/mol. The quantitative estimate of drug-likeness (QED) is 0.236. The zero-order chi connectivity index (χ0) is 23.3. The van der Waals surface area contributed by atoms with E-state index in [1.54, 1.807) is 36.4 Å². The lowest BCUT2D eigenvalue weighted by atomic mass is 10.0. The average Bonchev–Trinajstić information content (AvgIpc) is 2.84. The molecule has 4 aromatic rings. The van der Waals surface area contributed by atoms with Gasteiger partial charge in [-0.25, -0.2) is 8.42 Å². The lowest BCUT2D eigenvalue weighted by Crippen LogP contribution is -2.12. The van der Waals surface area contributed by atoms with Gasteiger partial charge >= 0.3 is 0 Å². The van der Waals surface area contributed by atoms with Crippen molar-refractivity contribution in [1.82, 2.24) is 0 Å². The van der Waals surface area contributed by atoms with Crippen molar-refractivity contribution in [1.29, 1.82) is 0 Å². The Hall–Kier alpha value is -3.35. The number of nitrogens with one attached hydrogen (secondary N) is 1. The molecule has 0 radical (unpaired) electrons. The number of anilines is 1. The fourth-order valence-electron chi connectivity index (χ4n) is 3.26. The van der Waals surface area contributed by atoms with Gasteiger partial charge in [-0.3, -0.25) is 9.52 Å². The van der Waals surface area contributed by atoms with Gasteiger partial charge in [0.2, 0.25) is 0 Å². The highest BCUT2D eigenvalue weighted by molar-refractivity contribution is 8.00. The standard InChI is InChI=1S/C27H23NO3S2/c1-20-7-17-26(18-8-20)33(30,31)28-24-13-15-25(16-14-24)32-19-27(29)23-11-9-22(10-12-23)21-5-3-2-4-6-21/h2-18,28H,19H2,1H3. The van der Waals surface area contributed by atoms with Crippen LogP contribution in [0.4, 0.5) is 5.69 Å². The Morgan fingerprint density at radius 3 is 2.00 bits per heavy atom. The van der Waals surface area contributed by atoms with Gasteiger partial charge in [-0.05, 0) is 54.4 Å². The molecule has 0 saturated heterocycles. The number of rotatable bonds is 8. The number of carbonyl (C=O) groups excluding carboxylic acids is 1. The molecule has 0 aromatic heterocycles. The molecule has 1 N–H and O–H groups in total. The molecule has 0 atom stereocenters. The van der Waals surface area contributed by atoms with Crippen molar-refractivity contribution in [2.45, 2.75) is 16.7 Å². The molecular weight excluding hydrogens is 450 g/mol. The van der Waals surface area contributed by atoms with Crippen LogP contribution >= 0.6 is 11.8 Å². The molecule has 0 amide bonds. The van der Waals surface area contributed by atoms with E-state index >= 15 is 0 Å². The Kier molecular flexibility index (Phi) is 6.96. The first kappa shape index (κ1) is 22.8. The van der Waals surface area contributed by atoms with Crippen molar-refractivity contribution < 1.29 is 13.2 Å². The van der Waals surface area contributed by atoms with E-state index in [4.69, 9.17) is 0 Å². The van der Waals surface area contributed by atoms with Crippen molar-refractivity contribution in [3.05, 3.63) is 114 Å². The third-order valence-corrected chi connectivity index (χ3v) is 7.53. The smallest absolute Gasteiger partial charge is 0.261 e. The topological polar surface area (TPSA) is 63.2 Å². The van der Waals surface area contributed by atoms with E-state index in [1.165, 1.54) is 11.8 Å². The summed E-state index contributed by atoms with van der Waals surface area (Å²) >= 11 is 1.42. The summed E-state index contributed by atoms with van der Waals surface area (Å²) in [5, 5.41) is 0. The number of benzene rings is 4. The van der Waals surface area contributed by atoms with Crippen LogP contribution in [0.3, 0.4) is 0 Å². The van der Waals surface area contributed by atoms with E-state index in [1.807, 2.05) is 73.7 Å². The molecular formula is C27H23NO3S2. The molecule has 0 bridgehead atoms. The van der Waals surface area contributed by atoms with Gasteiger partial charge in [0, 0.05) is 16.1 Å². The number of Topliss-reactive ketones (excluding diaryl/α,β-unsaturated/α-hetero) is 1. The maximum Gasteiger partial charge on any atom is 0.261 e. The minimum atomic E-state index is -3.64. The molecule has 0 aliphatic carbocycles. The number of thioether (sulfide) groups is 1. The maximum atomic E-state index is 12.6. The summed E-state index contributed by atoms with van der Waals surface area (Å²) < 4.78 is 27.6. The van der Waals surface area contributed by atoms with Crippen molar-refractivity contribution in [2.24, 2.45) is 0 Å². The first-order valence-electron chi connectivity index (χ1n) is 10.4. The Bertz CT molecular complexity index is 1330. The number of hydrogen-bond donors (Lipinski definition) is 1. The molecule has 33 heavy (non-hydrogen) atoms. The molecule has 4 aromatic carbocycles. The summed E-state index contributed by atoms with van der Waals surface area (Å²) in [6, 6.07) is 31.4. The van der Waals surface area contributed by atoms with E-state index < -0.39 is 10.0 Å². The second-order valence-corrected chi connectivity index (χ2v) is 10.3. The molecule has 0 heterocycles. The van der Waals surface area contributed by atoms with Crippen LogP contribution in [0.15, 0.2) is 113 Å². The Labute approximate surface area is 198 Å². The van der Waals surface area contributed by atoms with Crippen LogP contribution in [-0.4, -0.2) is 20.0 Å². The van der Waals surface area contributed by atoms with Crippen LogP contribution in [0.2, 0.25) is 0 Å². The zero-order valence-electron chi connectivity index (χ0n) is 18.1. The predicted molar refractivity (Wildman–Crippen MR) is 135 cm³/mol. The number of ketones is 1. The largest absolute Gasteiger partial charge is 0.293 e. The minimum Gasteiger partial charge on any atom is -0.293 e. The van der Waals surface area contributed by atoms with E-state index in [0.717, 1.165) is 21.6 Å². The molecule has 0 aliphatic heterocycles. The van der Waals surface area contributed by atoms with Crippen LogP contribution in [0.1, 0.15) is 15.9 Å². The maximum absolute atomic E-state index is 12.6. The average molecular weight is 474 g/mol. The van der Waals surface area contributed by atoms with Gasteiger partial charge in [0.1, 0.15) is 0 Å². The van der Waals surface area contributed by atoms with E-state index in [2.05, 4.69) is 4.72 Å². The normalized spacial score (nSPS) is 11.2. The third kappa shape index (κ3) is 5.92. The summed E-state index contributed by atoms with van der Waals surface area (Å²) in [5.41, 5.74) is 4.33. The van der Waals surface area contributed by atoms with E-state index in [-0.39, 0.29) is 10.7 Å². The molecule has 4 rings (SSSR count). The third-order valence-electron chi connectivity index (χ3n) is 5.12.